The van der Waals surface area contributed by atoms with Gasteiger partial charge in [-0.05, 0) is 39.3 Å². The van der Waals surface area contributed by atoms with Gasteiger partial charge in [0.2, 0.25) is 0 Å². The Bertz CT molecular complexity index is 407. The maximum absolute atomic E-state index is 12.7. The maximum atomic E-state index is 12.7. The average Bonchev–Trinajstić information content (AvgIpc) is 2.36. The summed E-state index contributed by atoms with van der Waals surface area (Å²) in [5, 5.41) is 3.20. The standard InChI is InChI=1S/C13H19F3N2.C2H6/c1-5-11-10(13(14,15)16)7-6-9(18-11)8-17-12(2,3)4;1-2/h6-7,17H,5,8H2,1-4H3;1-2H3. The molecule has 0 atom stereocenters. The number of halogens is 3. The number of alkyl halides is 3. The Labute approximate surface area is 119 Å². The van der Waals surface area contributed by atoms with Crippen LogP contribution in [0.5, 0.6) is 0 Å². The zero-order valence-corrected chi connectivity index (χ0v) is 13.2. The molecule has 0 unspecified atom stereocenters. The summed E-state index contributed by atoms with van der Waals surface area (Å²) in [7, 11) is 0. The summed E-state index contributed by atoms with van der Waals surface area (Å²) in [6, 6.07) is 2.55. The SMILES string of the molecule is CC.CCc1nc(CNC(C)(C)C)ccc1C(F)(F)F. The van der Waals surface area contributed by atoms with Crippen LogP contribution in [-0.4, -0.2) is 10.5 Å². The van der Waals surface area contributed by atoms with Crippen molar-refractivity contribution in [1.29, 1.82) is 0 Å². The van der Waals surface area contributed by atoms with Crippen molar-refractivity contribution in [2.45, 2.75) is 66.2 Å². The lowest BCUT2D eigenvalue weighted by molar-refractivity contribution is -0.138. The molecule has 0 aliphatic rings. The Morgan fingerprint density at radius 1 is 1.10 bits per heavy atom. The Morgan fingerprint density at radius 3 is 2.05 bits per heavy atom. The molecule has 1 heterocycles. The van der Waals surface area contributed by atoms with E-state index in [1.165, 1.54) is 6.07 Å². The molecule has 0 spiro atoms. The summed E-state index contributed by atoms with van der Waals surface area (Å²) in [5.74, 6) is 0. The van der Waals surface area contributed by atoms with Crippen molar-refractivity contribution in [1.82, 2.24) is 10.3 Å². The number of nitrogens with zero attached hydrogens (tertiary/aromatic N) is 1. The normalized spacial score (nSPS) is 11.8. The van der Waals surface area contributed by atoms with E-state index in [-0.39, 0.29) is 17.7 Å². The van der Waals surface area contributed by atoms with Gasteiger partial charge in [0.25, 0.3) is 0 Å². The third kappa shape index (κ3) is 6.37. The van der Waals surface area contributed by atoms with E-state index in [1.807, 2.05) is 34.6 Å². The summed E-state index contributed by atoms with van der Waals surface area (Å²) in [6.45, 7) is 12.1. The Morgan fingerprint density at radius 2 is 1.65 bits per heavy atom. The quantitative estimate of drug-likeness (QED) is 0.881. The van der Waals surface area contributed by atoms with Crippen molar-refractivity contribution >= 4 is 0 Å². The van der Waals surface area contributed by atoms with E-state index in [1.54, 1.807) is 6.92 Å². The third-order valence-corrected chi connectivity index (χ3v) is 2.47. The average molecular weight is 290 g/mol. The van der Waals surface area contributed by atoms with Crippen LogP contribution in [0.25, 0.3) is 0 Å². The fourth-order valence-corrected chi connectivity index (χ4v) is 1.53. The molecule has 0 aliphatic carbocycles. The monoisotopic (exact) mass is 290 g/mol. The molecular formula is C15H25F3N2. The molecule has 1 aromatic rings. The predicted molar refractivity (Wildman–Crippen MR) is 76.6 cm³/mol. The lowest BCUT2D eigenvalue weighted by Gasteiger charge is -2.20. The highest BCUT2D eigenvalue weighted by atomic mass is 19.4. The van der Waals surface area contributed by atoms with Crippen LogP contribution in [0.15, 0.2) is 12.1 Å². The first kappa shape index (κ1) is 18.9. The van der Waals surface area contributed by atoms with Gasteiger partial charge in [-0.3, -0.25) is 4.98 Å². The van der Waals surface area contributed by atoms with Crippen molar-refractivity contribution in [2.24, 2.45) is 0 Å². The Balaban J connectivity index is 0.00000172. The van der Waals surface area contributed by atoms with Gasteiger partial charge in [-0.1, -0.05) is 20.8 Å². The van der Waals surface area contributed by atoms with Gasteiger partial charge in [-0.15, -0.1) is 0 Å². The second-order valence-corrected chi connectivity index (χ2v) is 5.25. The molecule has 0 saturated carbocycles. The zero-order valence-electron chi connectivity index (χ0n) is 13.2. The molecule has 1 aromatic heterocycles. The van der Waals surface area contributed by atoms with E-state index in [9.17, 15) is 13.2 Å². The smallest absolute Gasteiger partial charge is 0.306 e. The van der Waals surface area contributed by atoms with Gasteiger partial charge in [-0.2, -0.15) is 13.2 Å². The van der Waals surface area contributed by atoms with E-state index in [0.717, 1.165) is 6.07 Å². The minimum absolute atomic E-state index is 0.0866. The second-order valence-electron chi connectivity index (χ2n) is 5.25. The maximum Gasteiger partial charge on any atom is 0.418 e. The summed E-state index contributed by atoms with van der Waals surface area (Å²) in [5.41, 5.74) is 0.0199. The summed E-state index contributed by atoms with van der Waals surface area (Å²) < 4.78 is 38.1. The van der Waals surface area contributed by atoms with Crippen molar-refractivity contribution in [3.05, 3.63) is 29.1 Å². The first-order chi connectivity index (χ1) is 9.13. The third-order valence-electron chi connectivity index (χ3n) is 2.47. The second kappa shape index (κ2) is 7.62. The number of aryl methyl sites for hydroxylation is 1. The van der Waals surface area contributed by atoms with E-state index in [4.69, 9.17) is 0 Å². The molecule has 0 saturated heterocycles. The molecule has 0 amide bonds. The van der Waals surface area contributed by atoms with Crippen LogP contribution >= 0.6 is 0 Å². The molecule has 0 bridgehead atoms. The molecular weight excluding hydrogens is 265 g/mol. The Kier molecular flexibility index (Phi) is 7.20. The van der Waals surface area contributed by atoms with Crippen LogP contribution in [0, 0.1) is 0 Å². The number of hydrogen-bond acceptors (Lipinski definition) is 2. The summed E-state index contributed by atoms with van der Waals surface area (Å²) in [4.78, 5) is 4.08. The fraction of sp³-hybridized carbons (Fsp3) is 0.667. The van der Waals surface area contributed by atoms with Crippen molar-refractivity contribution < 1.29 is 13.2 Å². The first-order valence-electron chi connectivity index (χ1n) is 6.94. The molecule has 0 aromatic carbocycles. The van der Waals surface area contributed by atoms with Crippen molar-refractivity contribution in [3.63, 3.8) is 0 Å². The van der Waals surface area contributed by atoms with Gasteiger partial charge in [0.15, 0.2) is 0 Å². The molecule has 5 heteroatoms. The van der Waals surface area contributed by atoms with Crippen LogP contribution in [0.2, 0.25) is 0 Å². The van der Waals surface area contributed by atoms with Gasteiger partial charge in [0.1, 0.15) is 0 Å². The predicted octanol–water partition coefficient (Wildman–Crippen LogP) is 4.58. The van der Waals surface area contributed by atoms with E-state index in [0.29, 0.717) is 12.2 Å². The lowest BCUT2D eigenvalue weighted by Crippen LogP contribution is -2.35. The molecule has 116 valence electrons. The summed E-state index contributed by atoms with van der Waals surface area (Å²) >= 11 is 0. The number of nitrogens with one attached hydrogen (secondary N) is 1. The topological polar surface area (TPSA) is 24.9 Å². The van der Waals surface area contributed by atoms with E-state index >= 15 is 0 Å². The van der Waals surface area contributed by atoms with Crippen LogP contribution in [0.3, 0.4) is 0 Å². The molecule has 0 radical (unpaired) electrons. The van der Waals surface area contributed by atoms with E-state index < -0.39 is 11.7 Å². The highest BCUT2D eigenvalue weighted by Crippen LogP contribution is 2.31. The first-order valence-corrected chi connectivity index (χ1v) is 6.94. The van der Waals surface area contributed by atoms with Gasteiger partial charge < -0.3 is 5.32 Å². The van der Waals surface area contributed by atoms with Crippen LogP contribution < -0.4 is 5.32 Å². The molecule has 0 aliphatic heterocycles. The number of hydrogen-bond donors (Lipinski definition) is 1. The molecule has 1 rings (SSSR count). The molecule has 2 nitrogen and oxygen atoms in total. The highest BCUT2D eigenvalue weighted by molar-refractivity contribution is 5.26. The number of aromatic nitrogens is 1. The highest BCUT2D eigenvalue weighted by Gasteiger charge is 2.33. The zero-order chi connectivity index (χ0) is 16.0. The number of pyridine rings is 1. The minimum atomic E-state index is -4.33. The van der Waals surface area contributed by atoms with Crippen LogP contribution in [0.4, 0.5) is 13.2 Å². The summed E-state index contributed by atoms with van der Waals surface area (Å²) in [6.07, 6.45) is -4.05. The van der Waals surface area contributed by atoms with Gasteiger partial charge >= 0.3 is 6.18 Å². The van der Waals surface area contributed by atoms with Gasteiger partial charge in [0.05, 0.1) is 17.0 Å². The fourth-order valence-electron chi connectivity index (χ4n) is 1.53. The molecule has 0 fully saturated rings. The van der Waals surface area contributed by atoms with Gasteiger partial charge in [0, 0.05) is 12.1 Å². The lowest BCUT2D eigenvalue weighted by atomic mass is 10.1. The van der Waals surface area contributed by atoms with Crippen LogP contribution in [0.1, 0.15) is 58.5 Å². The Hall–Kier alpha value is -1.10. The largest absolute Gasteiger partial charge is 0.418 e. The molecule has 1 N–H and O–H groups in total. The van der Waals surface area contributed by atoms with Crippen LogP contribution in [-0.2, 0) is 19.1 Å². The minimum Gasteiger partial charge on any atom is -0.306 e. The van der Waals surface area contributed by atoms with Crippen molar-refractivity contribution in [2.75, 3.05) is 0 Å². The molecule has 20 heavy (non-hydrogen) atoms. The van der Waals surface area contributed by atoms with Crippen molar-refractivity contribution in [3.8, 4) is 0 Å². The van der Waals surface area contributed by atoms with E-state index in [2.05, 4.69) is 10.3 Å². The number of rotatable bonds is 3. The van der Waals surface area contributed by atoms with Gasteiger partial charge in [-0.25, -0.2) is 0 Å².